The molecule has 3 heterocycles. The molecule has 0 aliphatic carbocycles. The Kier molecular flexibility index (Phi) is 8.38. The smallest absolute Gasteiger partial charge is 0.253 e. The Hall–Kier alpha value is -2.97. The van der Waals surface area contributed by atoms with Gasteiger partial charge in [-0.05, 0) is 64.0 Å². The van der Waals surface area contributed by atoms with E-state index in [0.717, 1.165) is 23.2 Å². The molecule has 2 bridgehead atoms. The summed E-state index contributed by atoms with van der Waals surface area (Å²) >= 11 is 0. The van der Waals surface area contributed by atoms with Gasteiger partial charge in [-0.1, -0.05) is 30.4 Å². The number of carbonyl (C=O) groups is 3. The lowest BCUT2D eigenvalue weighted by molar-refractivity contribution is -0.149. The van der Waals surface area contributed by atoms with Gasteiger partial charge in [0, 0.05) is 39.0 Å². The summed E-state index contributed by atoms with van der Waals surface area (Å²) < 4.78 is 6.77. The van der Waals surface area contributed by atoms with Crippen LogP contribution in [0.3, 0.4) is 0 Å². The minimum atomic E-state index is -1.08. The number of aliphatic hydroxyl groups excluding tert-OH is 1. The number of nitrogens with zero attached hydrogens (tertiary/aromatic N) is 3. The lowest BCUT2D eigenvalue weighted by atomic mass is 9.66. The van der Waals surface area contributed by atoms with Crippen LogP contribution < -0.4 is 4.90 Å². The van der Waals surface area contributed by atoms with E-state index < -0.39 is 29.1 Å². The first kappa shape index (κ1) is 29.0. The minimum Gasteiger partial charge on any atom is -0.396 e. The molecule has 1 aromatic carbocycles. The van der Waals surface area contributed by atoms with Crippen LogP contribution in [-0.4, -0.2) is 83.2 Å². The second kappa shape index (κ2) is 11.3. The molecule has 5 atom stereocenters. The Labute approximate surface area is 232 Å². The van der Waals surface area contributed by atoms with Gasteiger partial charge in [-0.2, -0.15) is 0 Å². The number of aliphatic hydroxyl groups is 1. The summed E-state index contributed by atoms with van der Waals surface area (Å²) in [4.78, 5) is 47.7. The first-order valence-electron chi connectivity index (χ1n) is 14.0. The fraction of sp³-hybridized carbons (Fsp3) is 0.581. The van der Waals surface area contributed by atoms with E-state index in [4.69, 9.17) is 4.74 Å². The average molecular weight is 538 g/mol. The molecular weight excluding hydrogens is 494 g/mol. The van der Waals surface area contributed by atoms with Gasteiger partial charge in [-0.15, -0.1) is 13.2 Å². The van der Waals surface area contributed by atoms with Gasteiger partial charge >= 0.3 is 0 Å². The predicted molar refractivity (Wildman–Crippen MR) is 151 cm³/mol. The van der Waals surface area contributed by atoms with Crippen LogP contribution in [0.2, 0.25) is 0 Å². The largest absolute Gasteiger partial charge is 0.396 e. The number of ether oxygens (including phenoxy) is 1. The van der Waals surface area contributed by atoms with Crippen LogP contribution in [0.5, 0.6) is 0 Å². The molecule has 8 nitrogen and oxygen atoms in total. The maximum Gasteiger partial charge on any atom is 0.253 e. The maximum atomic E-state index is 14.7. The number of unbranched alkanes of at least 4 members (excludes halogenated alkanes) is 2. The number of anilines is 1. The molecule has 4 rings (SSSR count). The lowest BCUT2D eigenvalue weighted by Crippen LogP contribution is -2.57. The molecule has 39 heavy (non-hydrogen) atoms. The topological polar surface area (TPSA) is 90.4 Å². The molecule has 0 saturated carbocycles. The third-order valence-electron chi connectivity index (χ3n) is 8.90. The van der Waals surface area contributed by atoms with Crippen LogP contribution in [0, 0.1) is 25.7 Å². The number of hydrogen-bond acceptors (Lipinski definition) is 5. The summed E-state index contributed by atoms with van der Waals surface area (Å²) in [6.45, 7) is 14.6. The molecule has 3 aliphatic heterocycles. The molecule has 0 aromatic heterocycles. The Bertz CT molecular complexity index is 1130. The third kappa shape index (κ3) is 4.72. The highest BCUT2D eigenvalue weighted by Gasteiger charge is 2.78. The second-order valence-corrected chi connectivity index (χ2v) is 11.5. The molecule has 2 unspecified atom stereocenters. The fourth-order valence-corrected chi connectivity index (χ4v) is 7.21. The number of rotatable bonds is 12. The van der Waals surface area contributed by atoms with Crippen LogP contribution in [0.1, 0.15) is 50.2 Å². The van der Waals surface area contributed by atoms with Crippen molar-refractivity contribution in [3.63, 3.8) is 0 Å². The molecule has 3 fully saturated rings. The van der Waals surface area contributed by atoms with E-state index in [2.05, 4.69) is 13.2 Å². The van der Waals surface area contributed by atoms with Crippen molar-refractivity contribution in [2.45, 2.75) is 70.1 Å². The molecule has 212 valence electrons. The SMILES string of the molecule is C=CCN(C)C(=O)[C@H]1[C@H]2C(=O)N(CCCCCO)C(C(=O)N(CC=C)c3c(C)cccc3C)C23CC[C@]1(C)O3. The van der Waals surface area contributed by atoms with Gasteiger partial charge < -0.3 is 24.5 Å². The number of hydrogen-bond donors (Lipinski definition) is 1. The molecule has 1 N–H and O–H groups in total. The molecule has 3 saturated heterocycles. The highest BCUT2D eigenvalue weighted by atomic mass is 16.5. The maximum absolute atomic E-state index is 14.7. The zero-order valence-corrected chi connectivity index (χ0v) is 23.8. The first-order chi connectivity index (χ1) is 18.6. The zero-order chi connectivity index (χ0) is 28.5. The van der Waals surface area contributed by atoms with Crippen molar-refractivity contribution in [2.24, 2.45) is 11.8 Å². The molecule has 8 heteroatoms. The Morgan fingerprint density at radius 1 is 1.10 bits per heavy atom. The lowest BCUT2D eigenvalue weighted by Gasteiger charge is -2.37. The number of para-hydroxylation sites is 1. The highest BCUT2D eigenvalue weighted by molar-refractivity contribution is 6.05. The van der Waals surface area contributed by atoms with E-state index in [1.807, 2.05) is 39.0 Å². The summed E-state index contributed by atoms with van der Waals surface area (Å²) in [6, 6.07) is 5.06. The van der Waals surface area contributed by atoms with Crippen LogP contribution in [-0.2, 0) is 19.1 Å². The number of amides is 3. The molecule has 3 amide bonds. The van der Waals surface area contributed by atoms with E-state index in [1.165, 1.54) is 0 Å². The highest BCUT2D eigenvalue weighted by Crippen LogP contribution is 2.63. The number of likely N-dealkylation sites (N-methyl/N-ethyl adjacent to an activating group) is 1. The summed E-state index contributed by atoms with van der Waals surface area (Å²) in [5.74, 6) is -1.95. The summed E-state index contributed by atoms with van der Waals surface area (Å²) in [7, 11) is 1.72. The molecule has 1 spiro atoms. The molecular formula is C31H43N3O5. The van der Waals surface area contributed by atoms with Gasteiger partial charge in [-0.25, -0.2) is 0 Å². The van der Waals surface area contributed by atoms with Crippen molar-refractivity contribution in [2.75, 3.05) is 38.2 Å². The van der Waals surface area contributed by atoms with Gasteiger partial charge in [0.15, 0.2) is 0 Å². The number of carbonyl (C=O) groups excluding carboxylic acids is 3. The average Bonchev–Trinajstić information content (AvgIpc) is 3.46. The van der Waals surface area contributed by atoms with E-state index in [0.29, 0.717) is 38.8 Å². The Balaban J connectivity index is 1.80. The summed E-state index contributed by atoms with van der Waals surface area (Å²) in [5, 5.41) is 9.28. The van der Waals surface area contributed by atoms with E-state index in [-0.39, 0.29) is 30.9 Å². The molecule has 1 aromatic rings. The van der Waals surface area contributed by atoms with Gasteiger partial charge in [-0.3, -0.25) is 14.4 Å². The number of likely N-dealkylation sites (tertiary alicyclic amines) is 1. The molecule has 0 radical (unpaired) electrons. The van der Waals surface area contributed by atoms with Crippen molar-refractivity contribution in [3.8, 4) is 0 Å². The standard InChI is InChI=1S/C31H43N3O5/c1-7-17-32(6)27(36)23-24-28(37)34(19-10-9-11-20-35)26(31(24)16-15-30(23,5)39-31)29(38)33(18-8-2)25-21(3)13-12-14-22(25)4/h7-8,12-14,23-24,26,35H,1-2,9-11,15-20H2,3-6H3/t23-,24+,26?,30+,31?/m1/s1. The van der Waals surface area contributed by atoms with Crippen LogP contribution in [0.25, 0.3) is 0 Å². The Morgan fingerprint density at radius 2 is 1.77 bits per heavy atom. The summed E-state index contributed by atoms with van der Waals surface area (Å²) in [5.41, 5.74) is 0.829. The monoisotopic (exact) mass is 537 g/mol. The van der Waals surface area contributed by atoms with Gasteiger partial charge in [0.1, 0.15) is 11.6 Å². The van der Waals surface area contributed by atoms with E-state index in [9.17, 15) is 19.5 Å². The van der Waals surface area contributed by atoms with Crippen LogP contribution >= 0.6 is 0 Å². The van der Waals surface area contributed by atoms with Crippen molar-refractivity contribution in [1.82, 2.24) is 9.80 Å². The number of fused-ring (bicyclic) bond motifs is 1. The van der Waals surface area contributed by atoms with Crippen molar-refractivity contribution in [3.05, 3.63) is 54.6 Å². The van der Waals surface area contributed by atoms with Crippen molar-refractivity contribution < 1.29 is 24.2 Å². The summed E-state index contributed by atoms with van der Waals surface area (Å²) in [6.07, 6.45) is 6.51. The number of aryl methyl sites for hydroxylation is 2. The van der Waals surface area contributed by atoms with Gasteiger partial charge in [0.05, 0.1) is 17.4 Å². The fourth-order valence-electron chi connectivity index (χ4n) is 7.21. The van der Waals surface area contributed by atoms with Gasteiger partial charge in [0.2, 0.25) is 11.8 Å². The van der Waals surface area contributed by atoms with Crippen molar-refractivity contribution in [1.29, 1.82) is 0 Å². The number of benzene rings is 1. The minimum absolute atomic E-state index is 0.0796. The molecule has 3 aliphatic rings. The normalized spacial score (nSPS) is 28.9. The second-order valence-electron chi connectivity index (χ2n) is 11.5. The van der Waals surface area contributed by atoms with Crippen molar-refractivity contribution >= 4 is 23.4 Å². The van der Waals surface area contributed by atoms with E-state index in [1.54, 1.807) is 33.9 Å². The first-order valence-corrected chi connectivity index (χ1v) is 14.0. The zero-order valence-electron chi connectivity index (χ0n) is 23.8. The quantitative estimate of drug-likeness (QED) is 0.326. The van der Waals surface area contributed by atoms with Gasteiger partial charge in [0.25, 0.3) is 5.91 Å². The van der Waals surface area contributed by atoms with Crippen LogP contribution in [0.4, 0.5) is 5.69 Å². The van der Waals surface area contributed by atoms with Crippen LogP contribution in [0.15, 0.2) is 43.5 Å². The van der Waals surface area contributed by atoms with E-state index >= 15 is 0 Å². The Morgan fingerprint density at radius 3 is 2.38 bits per heavy atom. The third-order valence-corrected chi connectivity index (χ3v) is 8.90. The predicted octanol–water partition coefficient (Wildman–Crippen LogP) is 3.39.